The Kier molecular flexibility index (Phi) is 6.44. The zero-order chi connectivity index (χ0) is 16.8. The van der Waals surface area contributed by atoms with Gasteiger partial charge in [-0.15, -0.1) is 0 Å². The Morgan fingerprint density at radius 3 is 2.68 bits per heavy atom. The molecular weight excluding hydrogens is 310 g/mol. The second-order valence-electron chi connectivity index (χ2n) is 4.74. The normalized spacial score (nSPS) is 11.4. The second kappa shape index (κ2) is 7.85. The van der Waals surface area contributed by atoms with Gasteiger partial charge >= 0.3 is 0 Å². The monoisotopic (exact) mass is 329 g/mol. The molecule has 1 amide bonds. The number of nitro groups is 1. The molecule has 0 aromatic heterocycles. The molecule has 8 nitrogen and oxygen atoms in total. The average molecular weight is 329 g/mol. The van der Waals surface area contributed by atoms with E-state index in [1.165, 1.54) is 38.4 Å². The zero-order valence-electron chi connectivity index (χ0n) is 12.5. The first-order chi connectivity index (χ1) is 10.3. The molecule has 0 fully saturated rings. The first-order valence-corrected chi connectivity index (χ1v) is 8.09. The van der Waals surface area contributed by atoms with Crippen LogP contribution in [0.2, 0.25) is 0 Å². The molecule has 0 saturated heterocycles. The molecule has 1 N–H and O–H groups in total. The highest BCUT2D eigenvalue weighted by molar-refractivity contribution is 7.89. The fourth-order valence-corrected chi connectivity index (χ4v) is 3.12. The lowest BCUT2D eigenvalue weighted by molar-refractivity contribution is -0.496. The number of sulfonamides is 1. The number of carbonyl (C=O) groups is 1. The molecular formula is C13H19N3O5S. The van der Waals surface area contributed by atoms with Crippen molar-refractivity contribution < 1.29 is 18.1 Å². The third-order valence-electron chi connectivity index (χ3n) is 3.07. The summed E-state index contributed by atoms with van der Waals surface area (Å²) in [5, 5.41) is 13.0. The summed E-state index contributed by atoms with van der Waals surface area (Å²) in [5.41, 5.74) is 0.324. The van der Waals surface area contributed by atoms with Crippen LogP contribution < -0.4 is 5.32 Å². The van der Waals surface area contributed by atoms with Crippen LogP contribution in [0.25, 0.3) is 0 Å². The maximum atomic E-state index is 12.4. The van der Waals surface area contributed by atoms with E-state index in [9.17, 15) is 23.3 Å². The van der Waals surface area contributed by atoms with Gasteiger partial charge in [0, 0.05) is 37.5 Å². The molecule has 1 aromatic carbocycles. The summed E-state index contributed by atoms with van der Waals surface area (Å²) in [7, 11) is -0.789. The molecule has 0 aliphatic heterocycles. The molecule has 1 aromatic rings. The van der Waals surface area contributed by atoms with Crippen molar-refractivity contribution in [3.63, 3.8) is 0 Å². The highest BCUT2D eigenvalue weighted by Gasteiger charge is 2.21. The third kappa shape index (κ3) is 5.08. The summed E-state index contributed by atoms with van der Waals surface area (Å²) >= 11 is 0. The maximum absolute atomic E-state index is 12.4. The predicted molar refractivity (Wildman–Crippen MR) is 80.3 cm³/mol. The minimum atomic E-state index is -3.72. The fourth-order valence-electron chi connectivity index (χ4n) is 1.84. The second-order valence-corrected chi connectivity index (χ2v) is 6.79. The topological polar surface area (TPSA) is 110 Å². The Labute approximate surface area is 129 Å². The molecule has 0 aliphatic rings. The van der Waals surface area contributed by atoms with Crippen molar-refractivity contribution in [1.82, 2.24) is 9.62 Å². The van der Waals surface area contributed by atoms with E-state index in [-0.39, 0.29) is 23.8 Å². The average Bonchev–Trinajstić information content (AvgIpc) is 2.46. The van der Waals surface area contributed by atoms with Gasteiger partial charge < -0.3 is 5.32 Å². The molecule has 0 heterocycles. The van der Waals surface area contributed by atoms with Crippen LogP contribution in [0.3, 0.4) is 0 Å². The van der Waals surface area contributed by atoms with Gasteiger partial charge in [0.25, 0.3) is 0 Å². The number of carbonyl (C=O) groups excluding carboxylic acids is 1. The lowest BCUT2D eigenvalue weighted by Crippen LogP contribution is -2.29. The fraction of sp³-hybridized carbons (Fsp3) is 0.462. The molecule has 0 saturated carbocycles. The van der Waals surface area contributed by atoms with E-state index >= 15 is 0 Å². The summed E-state index contributed by atoms with van der Waals surface area (Å²) in [6, 6.07) is 5.68. The molecule has 0 spiro atoms. The van der Waals surface area contributed by atoms with Crippen molar-refractivity contribution in [2.75, 3.05) is 20.6 Å². The first-order valence-electron chi connectivity index (χ1n) is 6.65. The first kappa shape index (κ1) is 18.1. The van der Waals surface area contributed by atoms with Crippen molar-refractivity contribution in [3.05, 3.63) is 39.9 Å². The van der Waals surface area contributed by atoms with Crippen molar-refractivity contribution >= 4 is 15.9 Å². The molecule has 122 valence electrons. The minimum absolute atomic E-state index is 0.00860. The van der Waals surface area contributed by atoms with Crippen molar-refractivity contribution in [2.45, 2.75) is 24.3 Å². The van der Waals surface area contributed by atoms with Gasteiger partial charge in [-0.3, -0.25) is 14.9 Å². The minimum Gasteiger partial charge on any atom is -0.359 e. The van der Waals surface area contributed by atoms with Crippen LogP contribution in [0.4, 0.5) is 0 Å². The molecule has 22 heavy (non-hydrogen) atoms. The van der Waals surface area contributed by atoms with Gasteiger partial charge in [-0.05, 0) is 18.6 Å². The van der Waals surface area contributed by atoms with E-state index < -0.39 is 21.5 Å². The van der Waals surface area contributed by atoms with E-state index in [2.05, 4.69) is 5.32 Å². The number of rotatable bonds is 8. The van der Waals surface area contributed by atoms with Crippen LogP contribution in [0, 0.1) is 10.1 Å². The maximum Gasteiger partial charge on any atom is 0.242 e. The lowest BCUT2D eigenvalue weighted by Gasteiger charge is -2.17. The van der Waals surface area contributed by atoms with Crippen LogP contribution in [-0.2, 0) is 21.4 Å². The Balaban J connectivity index is 2.80. The molecule has 0 radical (unpaired) electrons. The van der Waals surface area contributed by atoms with Crippen LogP contribution >= 0.6 is 0 Å². The van der Waals surface area contributed by atoms with Crippen LogP contribution in [0.15, 0.2) is 29.2 Å². The largest absolute Gasteiger partial charge is 0.359 e. The van der Waals surface area contributed by atoms with Gasteiger partial charge in [-0.1, -0.05) is 12.1 Å². The van der Waals surface area contributed by atoms with E-state index in [0.717, 1.165) is 4.31 Å². The van der Waals surface area contributed by atoms with Gasteiger partial charge in [0.1, 0.15) is 0 Å². The van der Waals surface area contributed by atoms with E-state index in [4.69, 9.17) is 0 Å². The standard InChI is InChI=1S/C13H19N3O5S/c1-14-13(17)7-4-8-15(2)22(20,21)12-6-3-5-11(9-12)10-16(18)19/h3,5-6,9H,4,7-8,10H2,1-2H3,(H,14,17). The smallest absolute Gasteiger partial charge is 0.242 e. The zero-order valence-corrected chi connectivity index (χ0v) is 13.3. The molecule has 0 aliphatic carbocycles. The van der Waals surface area contributed by atoms with Crippen molar-refractivity contribution in [2.24, 2.45) is 0 Å². The van der Waals surface area contributed by atoms with Crippen LogP contribution in [-0.4, -0.2) is 44.2 Å². The number of hydrogen-bond donors (Lipinski definition) is 1. The predicted octanol–water partition coefficient (Wildman–Crippen LogP) is 0.610. The Hall–Kier alpha value is -2.00. The molecule has 0 atom stereocenters. The SMILES string of the molecule is CNC(=O)CCCN(C)S(=O)(=O)c1cccc(C[N+](=O)[O-])c1. The lowest BCUT2D eigenvalue weighted by atomic mass is 10.2. The number of hydrogen-bond acceptors (Lipinski definition) is 5. The highest BCUT2D eigenvalue weighted by atomic mass is 32.2. The van der Waals surface area contributed by atoms with Crippen molar-refractivity contribution in [3.8, 4) is 0 Å². The van der Waals surface area contributed by atoms with Gasteiger partial charge in [-0.25, -0.2) is 12.7 Å². The van der Waals surface area contributed by atoms with Crippen LogP contribution in [0.5, 0.6) is 0 Å². The van der Waals surface area contributed by atoms with E-state index in [1.54, 1.807) is 0 Å². The van der Waals surface area contributed by atoms with Crippen molar-refractivity contribution in [1.29, 1.82) is 0 Å². The number of nitrogens with one attached hydrogen (secondary N) is 1. The number of amides is 1. The highest BCUT2D eigenvalue weighted by Crippen LogP contribution is 2.17. The number of nitrogens with zero attached hydrogens (tertiary/aromatic N) is 2. The Morgan fingerprint density at radius 2 is 2.09 bits per heavy atom. The summed E-state index contributed by atoms with van der Waals surface area (Å²) in [4.78, 5) is 21.1. The summed E-state index contributed by atoms with van der Waals surface area (Å²) < 4.78 is 25.9. The van der Waals surface area contributed by atoms with Gasteiger partial charge in [0.05, 0.1) is 4.90 Å². The molecule has 9 heteroatoms. The van der Waals surface area contributed by atoms with Gasteiger partial charge in [0.15, 0.2) is 0 Å². The Bertz CT molecular complexity index is 645. The van der Waals surface area contributed by atoms with E-state index in [0.29, 0.717) is 12.0 Å². The number of benzene rings is 1. The summed E-state index contributed by atoms with van der Waals surface area (Å²) in [6.45, 7) is -0.237. The quantitative estimate of drug-likeness (QED) is 0.555. The summed E-state index contributed by atoms with van der Waals surface area (Å²) in [5.74, 6) is -0.154. The molecule has 0 bridgehead atoms. The molecule has 0 unspecified atom stereocenters. The van der Waals surface area contributed by atoms with E-state index in [1.807, 2.05) is 0 Å². The molecule has 1 rings (SSSR count). The van der Waals surface area contributed by atoms with Gasteiger partial charge in [-0.2, -0.15) is 0 Å². The van der Waals surface area contributed by atoms with Gasteiger partial charge in [0.2, 0.25) is 22.5 Å². The van der Waals surface area contributed by atoms with Crippen LogP contribution in [0.1, 0.15) is 18.4 Å². The third-order valence-corrected chi connectivity index (χ3v) is 4.93. The Morgan fingerprint density at radius 1 is 1.41 bits per heavy atom. The summed E-state index contributed by atoms with van der Waals surface area (Å²) in [6.07, 6.45) is 0.627.